The number of nitrogens with one attached hydrogen (secondary N) is 1. The summed E-state index contributed by atoms with van der Waals surface area (Å²) in [7, 11) is 2.10. The Balaban J connectivity index is 2.57. The molecule has 0 aromatic rings. The van der Waals surface area contributed by atoms with Crippen molar-refractivity contribution in [3.05, 3.63) is 0 Å². The number of hydrogen-bond acceptors (Lipinski definition) is 5. The van der Waals surface area contributed by atoms with Gasteiger partial charge in [0.15, 0.2) is 5.52 Å². The van der Waals surface area contributed by atoms with Gasteiger partial charge in [0.25, 0.3) is 0 Å². The van der Waals surface area contributed by atoms with Crippen molar-refractivity contribution in [1.82, 2.24) is 10.4 Å². The largest absolute Gasteiger partial charge is 0.370 e. The van der Waals surface area contributed by atoms with Crippen LogP contribution in [0.1, 0.15) is 32.6 Å². The molecule has 0 aliphatic carbocycles. The first kappa shape index (κ1) is 15.2. The van der Waals surface area contributed by atoms with Gasteiger partial charge in [0.05, 0.1) is 12.1 Å². The van der Waals surface area contributed by atoms with Crippen LogP contribution >= 0.6 is 9.24 Å². The van der Waals surface area contributed by atoms with E-state index >= 15 is 0 Å². The molecule has 0 saturated carbocycles. The van der Waals surface area contributed by atoms with Gasteiger partial charge in [-0.05, 0) is 26.2 Å². The van der Waals surface area contributed by atoms with Gasteiger partial charge in [0.2, 0.25) is 5.91 Å². The summed E-state index contributed by atoms with van der Waals surface area (Å²) < 4.78 is 0. The summed E-state index contributed by atoms with van der Waals surface area (Å²) in [5.74, 6) is -0.345. The lowest BCUT2D eigenvalue weighted by Gasteiger charge is -2.27. The Kier molecular flexibility index (Phi) is 5.85. The molecule has 0 aromatic carbocycles. The first-order chi connectivity index (χ1) is 8.41. The van der Waals surface area contributed by atoms with Crippen LogP contribution in [0.3, 0.4) is 0 Å². The van der Waals surface area contributed by atoms with Gasteiger partial charge in [-0.2, -0.15) is 0 Å². The molecule has 0 aromatic heterocycles. The van der Waals surface area contributed by atoms with E-state index in [1.807, 2.05) is 0 Å². The van der Waals surface area contributed by atoms with Crippen LogP contribution in [0.15, 0.2) is 0 Å². The Morgan fingerprint density at radius 2 is 2.17 bits per heavy atom. The molecule has 1 unspecified atom stereocenters. The van der Waals surface area contributed by atoms with Crippen molar-refractivity contribution in [2.75, 3.05) is 6.54 Å². The molecule has 0 radical (unpaired) electrons. The van der Waals surface area contributed by atoms with E-state index in [0.29, 0.717) is 6.42 Å². The number of nitrogens with zero attached hydrogens (tertiary/aromatic N) is 1. The van der Waals surface area contributed by atoms with E-state index in [9.17, 15) is 14.4 Å². The fourth-order valence-electron chi connectivity index (χ4n) is 2.10. The number of rotatable bonds is 7. The van der Waals surface area contributed by atoms with Gasteiger partial charge >= 0.3 is 0 Å². The SMILES string of the molecule is CC(=O)[C@@H]1CCCN1N[C@@H](CCC(N)=O)C(=O)P. The highest BCUT2D eigenvalue weighted by Crippen LogP contribution is 2.17. The Labute approximate surface area is 109 Å². The summed E-state index contributed by atoms with van der Waals surface area (Å²) in [6.07, 6.45) is 2.22. The third-order valence-electron chi connectivity index (χ3n) is 3.07. The zero-order valence-electron chi connectivity index (χ0n) is 10.5. The second-order valence-electron chi connectivity index (χ2n) is 4.55. The first-order valence-corrected chi connectivity index (χ1v) is 6.60. The summed E-state index contributed by atoms with van der Waals surface area (Å²) in [5, 5.41) is 1.80. The second-order valence-corrected chi connectivity index (χ2v) is 5.12. The van der Waals surface area contributed by atoms with Gasteiger partial charge in [0.1, 0.15) is 5.78 Å². The molecule has 1 aliphatic rings. The lowest BCUT2D eigenvalue weighted by molar-refractivity contribution is -0.124. The summed E-state index contributed by atoms with van der Waals surface area (Å²) in [4.78, 5) is 33.6. The van der Waals surface area contributed by atoms with Gasteiger partial charge < -0.3 is 5.73 Å². The summed E-state index contributed by atoms with van der Waals surface area (Å²) in [6, 6.07) is -0.659. The number of carbonyl (C=O) groups excluding carboxylic acids is 3. The Morgan fingerprint density at radius 3 is 2.67 bits per heavy atom. The summed E-state index contributed by atoms with van der Waals surface area (Å²) >= 11 is 0. The molecule has 102 valence electrons. The summed E-state index contributed by atoms with van der Waals surface area (Å²) in [5.41, 5.74) is 7.97. The van der Waals surface area contributed by atoms with E-state index in [-0.39, 0.29) is 23.8 Å². The predicted octanol–water partition coefficient (Wildman–Crippen LogP) is -0.420. The molecule has 1 saturated heterocycles. The van der Waals surface area contributed by atoms with Crippen molar-refractivity contribution < 1.29 is 14.4 Å². The minimum atomic E-state index is -0.484. The van der Waals surface area contributed by atoms with E-state index in [0.717, 1.165) is 19.4 Å². The topological polar surface area (TPSA) is 92.5 Å². The molecule has 1 rings (SSSR count). The molecule has 3 N–H and O–H groups in total. The van der Waals surface area contributed by atoms with Crippen LogP contribution in [0.5, 0.6) is 0 Å². The van der Waals surface area contributed by atoms with Crippen LogP contribution in [0.4, 0.5) is 0 Å². The number of amides is 1. The molecule has 0 bridgehead atoms. The van der Waals surface area contributed by atoms with Crippen molar-refractivity contribution in [2.24, 2.45) is 5.73 Å². The number of hydrogen-bond donors (Lipinski definition) is 2. The van der Waals surface area contributed by atoms with Crippen LogP contribution in [-0.4, -0.2) is 40.9 Å². The first-order valence-electron chi connectivity index (χ1n) is 6.02. The highest BCUT2D eigenvalue weighted by atomic mass is 31.0. The van der Waals surface area contributed by atoms with Crippen LogP contribution in [-0.2, 0) is 14.4 Å². The highest BCUT2D eigenvalue weighted by Gasteiger charge is 2.30. The number of ketones is 1. The van der Waals surface area contributed by atoms with Crippen LogP contribution in [0.25, 0.3) is 0 Å². The van der Waals surface area contributed by atoms with E-state index in [2.05, 4.69) is 14.7 Å². The van der Waals surface area contributed by atoms with Crippen molar-refractivity contribution in [3.8, 4) is 0 Å². The average Bonchev–Trinajstić information content (AvgIpc) is 2.71. The maximum Gasteiger partial charge on any atom is 0.217 e. The number of carbonyl (C=O) groups is 3. The standard InChI is InChI=1S/C11H20N3O3P/c1-7(15)9-3-2-6-14(9)13-8(11(17)18)4-5-10(12)16/h8-9,13H,2-6,18H2,1H3,(H2,12,16)/t8-,9-/m0/s1. The number of Topliss-reactive ketones (excluding diaryl/α,β-unsaturated/α-hetero) is 1. The molecule has 1 aliphatic heterocycles. The molecule has 3 atom stereocenters. The zero-order chi connectivity index (χ0) is 13.7. The van der Waals surface area contributed by atoms with Crippen molar-refractivity contribution >= 4 is 26.5 Å². The van der Waals surface area contributed by atoms with E-state index in [1.54, 1.807) is 11.9 Å². The lowest BCUT2D eigenvalue weighted by atomic mass is 10.1. The Morgan fingerprint density at radius 1 is 1.50 bits per heavy atom. The van der Waals surface area contributed by atoms with Crippen LogP contribution in [0, 0.1) is 0 Å². The van der Waals surface area contributed by atoms with E-state index in [1.165, 1.54) is 0 Å². The number of hydrazine groups is 1. The number of primary amides is 1. The molecule has 6 nitrogen and oxygen atoms in total. The maximum absolute atomic E-state index is 11.5. The molecular weight excluding hydrogens is 253 g/mol. The second kappa shape index (κ2) is 6.92. The molecule has 1 fully saturated rings. The fourth-order valence-corrected chi connectivity index (χ4v) is 2.34. The van der Waals surface area contributed by atoms with Crippen LogP contribution < -0.4 is 11.2 Å². The maximum atomic E-state index is 11.5. The minimum absolute atomic E-state index is 0.0878. The molecule has 1 heterocycles. The third kappa shape index (κ3) is 4.44. The van der Waals surface area contributed by atoms with Gasteiger partial charge in [-0.1, -0.05) is 9.24 Å². The molecule has 18 heavy (non-hydrogen) atoms. The van der Waals surface area contributed by atoms with Crippen molar-refractivity contribution in [1.29, 1.82) is 0 Å². The molecule has 0 spiro atoms. The molecular formula is C11H20N3O3P. The quantitative estimate of drug-likeness (QED) is 0.615. The van der Waals surface area contributed by atoms with E-state index < -0.39 is 11.9 Å². The zero-order valence-corrected chi connectivity index (χ0v) is 11.7. The molecule has 7 heteroatoms. The monoisotopic (exact) mass is 273 g/mol. The number of nitrogens with two attached hydrogens (primary N) is 1. The van der Waals surface area contributed by atoms with Gasteiger partial charge in [-0.25, -0.2) is 10.4 Å². The van der Waals surface area contributed by atoms with E-state index in [4.69, 9.17) is 5.73 Å². The third-order valence-corrected chi connectivity index (χ3v) is 3.47. The van der Waals surface area contributed by atoms with Gasteiger partial charge in [-0.3, -0.25) is 14.4 Å². The Bertz CT molecular complexity index is 348. The lowest BCUT2D eigenvalue weighted by Crippen LogP contribution is -2.51. The molecule has 1 amide bonds. The van der Waals surface area contributed by atoms with Gasteiger partial charge in [0, 0.05) is 13.0 Å². The summed E-state index contributed by atoms with van der Waals surface area (Å²) in [6.45, 7) is 2.28. The highest BCUT2D eigenvalue weighted by molar-refractivity contribution is 7.40. The predicted molar refractivity (Wildman–Crippen MR) is 70.5 cm³/mol. The minimum Gasteiger partial charge on any atom is -0.370 e. The average molecular weight is 273 g/mol. The van der Waals surface area contributed by atoms with Gasteiger partial charge in [-0.15, -0.1) is 0 Å². The van der Waals surface area contributed by atoms with Crippen molar-refractivity contribution in [2.45, 2.75) is 44.7 Å². The normalized spacial score (nSPS) is 21.8. The van der Waals surface area contributed by atoms with Crippen LogP contribution in [0.2, 0.25) is 0 Å². The van der Waals surface area contributed by atoms with Crippen molar-refractivity contribution in [3.63, 3.8) is 0 Å². The Hall–Kier alpha value is -0.840. The smallest absolute Gasteiger partial charge is 0.217 e. The fraction of sp³-hybridized carbons (Fsp3) is 0.727.